The number of carbonyl (C=O) groups is 1. The average Bonchev–Trinajstić information content (AvgIpc) is 2.31. The van der Waals surface area contributed by atoms with Crippen LogP contribution in [0.4, 0.5) is 0 Å². The van der Waals surface area contributed by atoms with Crippen LogP contribution >= 0.6 is 0 Å². The van der Waals surface area contributed by atoms with Crippen LogP contribution in [0.25, 0.3) is 0 Å². The minimum atomic E-state index is -0.689. The molecule has 0 aromatic rings. The standard InChI is InChI=1S/C13H28N2O2/c1-4-15(5-2)11-10-14-9-8-12(3)6-7-13(16)17/h12,14H,4-11H2,1-3H3,(H,16,17). The Balaban J connectivity index is 3.35. The van der Waals surface area contributed by atoms with E-state index in [1.807, 2.05) is 0 Å². The number of hydrogen-bond donors (Lipinski definition) is 2. The Morgan fingerprint density at radius 3 is 2.41 bits per heavy atom. The fraction of sp³-hybridized carbons (Fsp3) is 0.923. The highest BCUT2D eigenvalue weighted by atomic mass is 16.4. The van der Waals surface area contributed by atoms with Gasteiger partial charge >= 0.3 is 5.97 Å². The van der Waals surface area contributed by atoms with E-state index >= 15 is 0 Å². The summed E-state index contributed by atoms with van der Waals surface area (Å²) < 4.78 is 0. The van der Waals surface area contributed by atoms with Crippen molar-refractivity contribution in [1.29, 1.82) is 0 Å². The molecule has 0 spiro atoms. The fourth-order valence-electron chi connectivity index (χ4n) is 1.76. The quantitative estimate of drug-likeness (QED) is 0.544. The number of aliphatic carboxylic acids is 1. The Bertz CT molecular complexity index is 194. The van der Waals surface area contributed by atoms with Gasteiger partial charge in [0.05, 0.1) is 0 Å². The number of carboxylic acids is 1. The lowest BCUT2D eigenvalue weighted by molar-refractivity contribution is -0.137. The molecule has 0 aliphatic rings. The van der Waals surface area contributed by atoms with Crippen LogP contribution in [0.3, 0.4) is 0 Å². The van der Waals surface area contributed by atoms with Gasteiger partial charge in [0.25, 0.3) is 0 Å². The Morgan fingerprint density at radius 2 is 1.88 bits per heavy atom. The normalized spacial score (nSPS) is 12.9. The minimum Gasteiger partial charge on any atom is -0.481 e. The number of rotatable bonds is 11. The number of nitrogens with one attached hydrogen (secondary N) is 1. The molecule has 0 saturated heterocycles. The van der Waals surface area contributed by atoms with Gasteiger partial charge < -0.3 is 15.3 Å². The SMILES string of the molecule is CCN(CC)CCNCCC(C)CCC(=O)O. The van der Waals surface area contributed by atoms with Gasteiger partial charge in [0.15, 0.2) is 0 Å². The van der Waals surface area contributed by atoms with Crippen LogP contribution in [-0.2, 0) is 4.79 Å². The Hall–Kier alpha value is -0.610. The number of nitrogens with zero attached hydrogens (tertiary/aromatic N) is 1. The number of carboxylic acid groups (broad SMARTS) is 1. The van der Waals surface area contributed by atoms with E-state index in [1.165, 1.54) is 0 Å². The van der Waals surface area contributed by atoms with Gasteiger partial charge in [-0.3, -0.25) is 4.79 Å². The molecule has 17 heavy (non-hydrogen) atoms. The zero-order chi connectivity index (χ0) is 13.1. The van der Waals surface area contributed by atoms with Crippen molar-refractivity contribution < 1.29 is 9.90 Å². The van der Waals surface area contributed by atoms with Crippen molar-refractivity contribution >= 4 is 5.97 Å². The van der Waals surface area contributed by atoms with Gasteiger partial charge in [-0.2, -0.15) is 0 Å². The maximum Gasteiger partial charge on any atom is 0.303 e. The third-order valence-electron chi connectivity index (χ3n) is 3.16. The molecule has 1 atom stereocenters. The average molecular weight is 244 g/mol. The maximum atomic E-state index is 10.4. The highest BCUT2D eigenvalue weighted by molar-refractivity contribution is 5.66. The predicted octanol–water partition coefficient (Wildman–Crippen LogP) is 1.81. The lowest BCUT2D eigenvalue weighted by Gasteiger charge is -2.18. The molecule has 0 radical (unpaired) electrons. The van der Waals surface area contributed by atoms with E-state index in [1.54, 1.807) is 0 Å². The van der Waals surface area contributed by atoms with Crippen LogP contribution in [0, 0.1) is 5.92 Å². The van der Waals surface area contributed by atoms with E-state index in [0.29, 0.717) is 12.3 Å². The maximum absolute atomic E-state index is 10.4. The summed E-state index contributed by atoms with van der Waals surface area (Å²) in [6.45, 7) is 11.8. The summed E-state index contributed by atoms with van der Waals surface area (Å²) in [6, 6.07) is 0. The van der Waals surface area contributed by atoms with Gasteiger partial charge in [-0.25, -0.2) is 0 Å². The number of hydrogen-bond acceptors (Lipinski definition) is 3. The van der Waals surface area contributed by atoms with Crippen LogP contribution in [0.1, 0.15) is 40.0 Å². The lowest BCUT2D eigenvalue weighted by Crippen LogP contribution is -2.32. The fourth-order valence-corrected chi connectivity index (χ4v) is 1.76. The molecule has 0 amide bonds. The molecule has 2 N–H and O–H groups in total. The third kappa shape index (κ3) is 10.3. The second kappa shape index (κ2) is 10.5. The molecule has 102 valence electrons. The molecule has 1 unspecified atom stereocenters. The highest BCUT2D eigenvalue weighted by Crippen LogP contribution is 2.08. The summed E-state index contributed by atoms with van der Waals surface area (Å²) in [5.41, 5.74) is 0. The van der Waals surface area contributed by atoms with Gasteiger partial charge in [0, 0.05) is 19.5 Å². The first kappa shape index (κ1) is 16.4. The van der Waals surface area contributed by atoms with E-state index in [-0.39, 0.29) is 0 Å². The summed E-state index contributed by atoms with van der Waals surface area (Å²) in [4.78, 5) is 12.8. The van der Waals surface area contributed by atoms with Gasteiger partial charge in [0.1, 0.15) is 0 Å². The van der Waals surface area contributed by atoms with Crippen molar-refractivity contribution in [2.45, 2.75) is 40.0 Å². The first-order valence-corrected chi connectivity index (χ1v) is 6.75. The second-order valence-electron chi connectivity index (χ2n) is 4.60. The lowest BCUT2D eigenvalue weighted by atomic mass is 10.0. The third-order valence-corrected chi connectivity index (χ3v) is 3.16. The molecule has 0 fully saturated rings. The van der Waals surface area contributed by atoms with Gasteiger partial charge in [0.2, 0.25) is 0 Å². The Morgan fingerprint density at radius 1 is 1.24 bits per heavy atom. The molecule has 0 heterocycles. The topological polar surface area (TPSA) is 52.6 Å². The summed E-state index contributed by atoms with van der Waals surface area (Å²) in [5.74, 6) is -0.196. The predicted molar refractivity (Wildman–Crippen MR) is 71.3 cm³/mol. The number of likely N-dealkylation sites (N-methyl/N-ethyl adjacent to an activating group) is 1. The molecular weight excluding hydrogens is 216 g/mol. The molecular formula is C13H28N2O2. The van der Waals surface area contributed by atoms with Crippen molar-refractivity contribution in [3.8, 4) is 0 Å². The molecule has 0 aromatic carbocycles. The second-order valence-corrected chi connectivity index (χ2v) is 4.60. The van der Waals surface area contributed by atoms with Gasteiger partial charge in [-0.15, -0.1) is 0 Å². The zero-order valence-electron chi connectivity index (χ0n) is 11.5. The summed E-state index contributed by atoms with van der Waals surface area (Å²) in [6.07, 6.45) is 2.14. The summed E-state index contributed by atoms with van der Waals surface area (Å²) >= 11 is 0. The van der Waals surface area contributed by atoms with E-state index in [9.17, 15) is 4.79 Å². The van der Waals surface area contributed by atoms with Crippen LogP contribution in [-0.4, -0.2) is 48.7 Å². The van der Waals surface area contributed by atoms with Crippen molar-refractivity contribution in [1.82, 2.24) is 10.2 Å². The van der Waals surface area contributed by atoms with Crippen molar-refractivity contribution in [3.05, 3.63) is 0 Å². The molecule has 0 aliphatic heterocycles. The Labute approximate surface area is 105 Å². The van der Waals surface area contributed by atoms with Crippen molar-refractivity contribution in [2.75, 3.05) is 32.7 Å². The first-order chi connectivity index (χ1) is 8.10. The molecule has 0 aliphatic carbocycles. The van der Waals surface area contributed by atoms with Crippen LogP contribution in [0.15, 0.2) is 0 Å². The molecule has 4 nitrogen and oxygen atoms in total. The molecule has 0 aromatic heterocycles. The van der Waals surface area contributed by atoms with E-state index in [4.69, 9.17) is 5.11 Å². The van der Waals surface area contributed by atoms with Crippen LogP contribution in [0.5, 0.6) is 0 Å². The van der Waals surface area contributed by atoms with E-state index in [0.717, 1.165) is 45.6 Å². The first-order valence-electron chi connectivity index (χ1n) is 6.75. The monoisotopic (exact) mass is 244 g/mol. The molecule has 4 heteroatoms. The van der Waals surface area contributed by atoms with Gasteiger partial charge in [-0.05, 0) is 38.4 Å². The van der Waals surface area contributed by atoms with Gasteiger partial charge in [-0.1, -0.05) is 20.8 Å². The zero-order valence-corrected chi connectivity index (χ0v) is 11.5. The molecule has 0 bridgehead atoms. The van der Waals surface area contributed by atoms with Crippen molar-refractivity contribution in [3.63, 3.8) is 0 Å². The van der Waals surface area contributed by atoms with E-state index < -0.39 is 5.97 Å². The van der Waals surface area contributed by atoms with Crippen LogP contribution in [0.2, 0.25) is 0 Å². The summed E-state index contributed by atoms with van der Waals surface area (Å²) in [5, 5.41) is 12.0. The highest BCUT2D eigenvalue weighted by Gasteiger charge is 2.05. The Kier molecular flexibility index (Phi) is 10.2. The smallest absolute Gasteiger partial charge is 0.303 e. The van der Waals surface area contributed by atoms with E-state index in [2.05, 4.69) is 31.0 Å². The largest absolute Gasteiger partial charge is 0.481 e. The molecule has 0 rings (SSSR count). The van der Waals surface area contributed by atoms with Crippen LogP contribution < -0.4 is 5.32 Å². The van der Waals surface area contributed by atoms with Crippen molar-refractivity contribution in [2.24, 2.45) is 5.92 Å². The molecule has 0 saturated carbocycles. The summed E-state index contributed by atoms with van der Waals surface area (Å²) in [7, 11) is 0. The minimum absolute atomic E-state index is 0.292.